The Morgan fingerprint density at radius 1 is 1.10 bits per heavy atom. The lowest BCUT2D eigenvalue weighted by Crippen LogP contribution is -2.14. The quantitative estimate of drug-likeness (QED) is 0.499. The van der Waals surface area contributed by atoms with Crippen LogP contribution >= 0.6 is 0 Å². The molecule has 0 aromatic heterocycles. The topological polar surface area (TPSA) is 125 Å². The smallest absolute Gasteiger partial charge is 0.249 e. The highest BCUT2D eigenvalue weighted by molar-refractivity contribution is 6.05. The van der Waals surface area contributed by atoms with E-state index < -0.39 is 11.9 Å². The summed E-state index contributed by atoms with van der Waals surface area (Å²) >= 11 is 0. The van der Waals surface area contributed by atoms with E-state index in [-0.39, 0.29) is 16.9 Å². The number of benzene rings is 2. The molecule has 0 aliphatic rings. The molecule has 0 spiro atoms. The van der Waals surface area contributed by atoms with Crippen LogP contribution in [0.25, 0.3) is 5.70 Å². The third kappa shape index (κ3) is 13.7. The summed E-state index contributed by atoms with van der Waals surface area (Å²) < 4.78 is 24.7. The molecule has 0 saturated carbocycles. The highest BCUT2D eigenvalue weighted by Crippen LogP contribution is 2.09. The SMILES string of the molecule is C=C(N)c1ccc(F)cc1.CCCO.CNC.N=C(F)c1ccccc1C(N)=O. The van der Waals surface area contributed by atoms with Gasteiger partial charge in [-0.3, -0.25) is 10.2 Å². The van der Waals surface area contributed by atoms with Crippen LogP contribution in [0.3, 0.4) is 0 Å². The largest absolute Gasteiger partial charge is 0.399 e. The molecule has 0 bridgehead atoms. The molecule has 0 aliphatic heterocycles. The van der Waals surface area contributed by atoms with Gasteiger partial charge in [-0.15, -0.1) is 0 Å². The van der Waals surface area contributed by atoms with Gasteiger partial charge in [-0.1, -0.05) is 37.8 Å². The summed E-state index contributed by atoms with van der Waals surface area (Å²) in [5, 5.41) is 17.3. The number of rotatable bonds is 4. The number of primary amides is 1. The molecule has 0 atom stereocenters. The Hall–Kier alpha value is -3.10. The second kappa shape index (κ2) is 17.0. The molecule has 7 N–H and O–H groups in total. The van der Waals surface area contributed by atoms with Gasteiger partial charge in [0.2, 0.25) is 11.9 Å². The van der Waals surface area contributed by atoms with E-state index in [4.69, 9.17) is 22.0 Å². The summed E-state index contributed by atoms with van der Waals surface area (Å²) in [6.45, 7) is 5.76. The summed E-state index contributed by atoms with van der Waals surface area (Å²) in [6, 6.07) is 11.7. The Bertz CT molecular complexity index is 716. The van der Waals surface area contributed by atoms with Gasteiger partial charge in [-0.2, -0.15) is 4.39 Å². The van der Waals surface area contributed by atoms with Crippen molar-refractivity contribution in [2.75, 3.05) is 20.7 Å². The first-order valence-electron chi connectivity index (χ1n) is 8.69. The first-order valence-corrected chi connectivity index (χ1v) is 8.69. The van der Waals surface area contributed by atoms with Gasteiger partial charge in [0.15, 0.2) is 0 Å². The van der Waals surface area contributed by atoms with E-state index in [0.717, 1.165) is 12.0 Å². The van der Waals surface area contributed by atoms with Gasteiger partial charge in [0.1, 0.15) is 5.82 Å². The Morgan fingerprint density at radius 3 is 1.79 bits per heavy atom. The van der Waals surface area contributed by atoms with E-state index in [1.165, 1.54) is 30.3 Å². The fourth-order valence-corrected chi connectivity index (χ4v) is 1.55. The molecule has 0 unspecified atom stereocenters. The highest BCUT2D eigenvalue weighted by atomic mass is 19.1. The van der Waals surface area contributed by atoms with Crippen LogP contribution in [0.2, 0.25) is 0 Å². The molecule has 29 heavy (non-hydrogen) atoms. The second-order valence-corrected chi connectivity index (χ2v) is 5.48. The fourth-order valence-electron chi connectivity index (χ4n) is 1.55. The number of nitrogens with two attached hydrogens (primary N) is 2. The van der Waals surface area contributed by atoms with Gasteiger partial charge in [-0.25, -0.2) is 4.39 Å². The lowest BCUT2D eigenvalue weighted by Gasteiger charge is -2.00. The van der Waals surface area contributed by atoms with E-state index in [2.05, 4.69) is 11.9 Å². The normalized spacial score (nSPS) is 8.76. The molecule has 160 valence electrons. The zero-order valence-electron chi connectivity index (χ0n) is 17.0. The predicted molar refractivity (Wildman–Crippen MR) is 115 cm³/mol. The van der Waals surface area contributed by atoms with E-state index in [1.807, 2.05) is 21.0 Å². The molecule has 0 heterocycles. The lowest BCUT2D eigenvalue weighted by atomic mass is 10.1. The molecule has 0 radical (unpaired) electrons. The van der Waals surface area contributed by atoms with Crippen LogP contribution in [0.4, 0.5) is 8.78 Å². The molecule has 1 amide bonds. The van der Waals surface area contributed by atoms with Gasteiger partial charge in [0.25, 0.3) is 0 Å². The average molecular weight is 408 g/mol. The Balaban J connectivity index is 0. The van der Waals surface area contributed by atoms with Crippen molar-refractivity contribution in [3.63, 3.8) is 0 Å². The minimum atomic E-state index is -1.15. The van der Waals surface area contributed by atoms with Crippen molar-refractivity contribution in [1.82, 2.24) is 5.32 Å². The van der Waals surface area contributed by atoms with E-state index >= 15 is 0 Å². The molecule has 2 rings (SSSR count). The molecule has 0 aliphatic carbocycles. The van der Waals surface area contributed by atoms with Crippen molar-refractivity contribution in [1.29, 1.82) is 5.41 Å². The molecular formula is C21H30F2N4O2. The van der Waals surface area contributed by atoms with Crippen molar-refractivity contribution in [3.05, 3.63) is 77.6 Å². The molecule has 0 fully saturated rings. The number of aliphatic hydroxyl groups is 1. The minimum Gasteiger partial charge on any atom is -0.399 e. The zero-order valence-corrected chi connectivity index (χ0v) is 17.0. The summed E-state index contributed by atoms with van der Waals surface area (Å²) in [7, 11) is 3.75. The molecule has 6 nitrogen and oxygen atoms in total. The fraction of sp³-hybridized carbons (Fsp3) is 0.238. The highest BCUT2D eigenvalue weighted by Gasteiger charge is 2.10. The number of nitrogens with one attached hydrogen (secondary N) is 2. The summed E-state index contributed by atoms with van der Waals surface area (Å²) in [4.78, 5) is 10.7. The average Bonchev–Trinajstić information content (AvgIpc) is 2.69. The van der Waals surface area contributed by atoms with Crippen molar-refractivity contribution < 1.29 is 18.7 Å². The van der Waals surface area contributed by atoms with Crippen molar-refractivity contribution >= 4 is 17.6 Å². The van der Waals surface area contributed by atoms with Gasteiger partial charge in [0.05, 0.1) is 5.56 Å². The Kier molecular flexibility index (Phi) is 16.5. The monoisotopic (exact) mass is 408 g/mol. The van der Waals surface area contributed by atoms with Crippen LogP contribution < -0.4 is 16.8 Å². The molecule has 0 saturated heterocycles. The maximum atomic E-state index is 12.4. The van der Waals surface area contributed by atoms with Gasteiger partial charge >= 0.3 is 0 Å². The zero-order chi connectivity index (χ0) is 22.8. The third-order valence-electron chi connectivity index (χ3n) is 2.87. The number of aliphatic hydroxyl groups excluding tert-OH is 1. The van der Waals surface area contributed by atoms with E-state index in [9.17, 15) is 13.6 Å². The summed E-state index contributed by atoms with van der Waals surface area (Å²) in [6.07, 6.45) is 0.875. The number of carbonyl (C=O) groups is 1. The van der Waals surface area contributed by atoms with Crippen LogP contribution in [0.1, 0.15) is 34.8 Å². The summed E-state index contributed by atoms with van der Waals surface area (Å²) in [5.41, 5.74) is 11.5. The van der Waals surface area contributed by atoms with Crippen LogP contribution in [-0.4, -0.2) is 37.7 Å². The first kappa shape index (κ1) is 28.1. The van der Waals surface area contributed by atoms with Crippen molar-refractivity contribution in [2.45, 2.75) is 13.3 Å². The van der Waals surface area contributed by atoms with Crippen LogP contribution in [0.5, 0.6) is 0 Å². The minimum absolute atomic E-state index is 0.0324. The summed E-state index contributed by atoms with van der Waals surface area (Å²) in [5.74, 6) is -2.14. The number of hydrogen-bond donors (Lipinski definition) is 5. The molecular weight excluding hydrogens is 378 g/mol. The molecule has 2 aromatic rings. The predicted octanol–water partition coefficient (Wildman–Crippen LogP) is 3.06. The van der Waals surface area contributed by atoms with Crippen molar-refractivity contribution in [3.8, 4) is 0 Å². The number of amides is 1. The van der Waals surface area contributed by atoms with Crippen LogP contribution in [0, 0.1) is 11.2 Å². The standard InChI is InChI=1S/C8H7FN2O.C8H8FN.C3H8O.C2H7N/c9-7(10)5-3-1-2-4-6(5)8(11)12;1-6(10)7-2-4-8(9)5-3-7;1-2-3-4;1-3-2/h1-4,10H,(H2,11,12);2-5H,1,10H2;4H,2-3H2,1H3;3H,1-2H3. The number of hydrogen-bond acceptors (Lipinski definition) is 5. The Labute approximate surface area is 170 Å². The van der Waals surface area contributed by atoms with Gasteiger partial charge in [0, 0.05) is 17.9 Å². The third-order valence-corrected chi connectivity index (χ3v) is 2.87. The van der Waals surface area contributed by atoms with Crippen LogP contribution in [-0.2, 0) is 0 Å². The number of halogens is 2. The van der Waals surface area contributed by atoms with Crippen LogP contribution in [0.15, 0.2) is 55.1 Å². The maximum absolute atomic E-state index is 12.4. The maximum Gasteiger partial charge on any atom is 0.249 e. The lowest BCUT2D eigenvalue weighted by molar-refractivity contribution is 0.1000. The van der Waals surface area contributed by atoms with Crippen molar-refractivity contribution in [2.24, 2.45) is 11.5 Å². The van der Waals surface area contributed by atoms with E-state index in [0.29, 0.717) is 12.3 Å². The van der Waals surface area contributed by atoms with Gasteiger partial charge in [-0.05, 0) is 50.3 Å². The molecule has 8 heteroatoms. The second-order valence-electron chi connectivity index (χ2n) is 5.48. The number of carbonyl (C=O) groups excluding carboxylic acids is 1. The first-order chi connectivity index (χ1) is 13.7. The van der Waals surface area contributed by atoms with Gasteiger partial charge < -0.3 is 21.9 Å². The van der Waals surface area contributed by atoms with E-state index in [1.54, 1.807) is 18.2 Å². The Morgan fingerprint density at radius 2 is 1.52 bits per heavy atom. The molecule has 2 aromatic carbocycles.